The van der Waals surface area contributed by atoms with Crippen LogP contribution in [0.2, 0.25) is 0 Å². The van der Waals surface area contributed by atoms with Crippen molar-refractivity contribution in [1.82, 2.24) is 5.32 Å². The average molecular weight is 361 g/mol. The van der Waals surface area contributed by atoms with E-state index in [-0.39, 0.29) is 41.7 Å². The summed E-state index contributed by atoms with van der Waals surface area (Å²) < 4.78 is 25.0. The molecular weight excluding hydrogens is 325 g/mol. The Morgan fingerprint density at radius 3 is 1.71 bits per heavy atom. The Bertz CT molecular complexity index is 462. The van der Waals surface area contributed by atoms with Gasteiger partial charge < -0.3 is 14.4 Å². The van der Waals surface area contributed by atoms with Crippen LogP contribution in [0.15, 0.2) is 12.2 Å². The van der Waals surface area contributed by atoms with E-state index in [1.165, 1.54) is 0 Å². The summed E-state index contributed by atoms with van der Waals surface area (Å²) in [6, 6.07) is 0. The fraction of sp³-hybridized carbons (Fsp3) is 0.833. The highest BCUT2D eigenvalue weighted by molar-refractivity contribution is 7.53. The molecular formula is C18H36NO4P. The maximum Gasteiger partial charge on any atom is 0.332 e. The Morgan fingerprint density at radius 2 is 1.42 bits per heavy atom. The van der Waals surface area contributed by atoms with Crippen molar-refractivity contribution in [2.75, 3.05) is 12.7 Å². The molecule has 0 fully saturated rings. The lowest BCUT2D eigenvalue weighted by molar-refractivity contribution is -0.117. The SMILES string of the molecule is C=C(C)C(=O)NCCP(=O)(OC(C)C(C)(C)C)OC(C)C(C)(C)C. The van der Waals surface area contributed by atoms with Crippen LogP contribution in [0.1, 0.15) is 62.3 Å². The zero-order valence-electron chi connectivity index (χ0n) is 16.9. The largest absolute Gasteiger partial charge is 0.352 e. The molecule has 0 rings (SSSR count). The van der Waals surface area contributed by atoms with E-state index in [4.69, 9.17) is 9.05 Å². The van der Waals surface area contributed by atoms with Crippen molar-refractivity contribution in [1.29, 1.82) is 0 Å². The van der Waals surface area contributed by atoms with Gasteiger partial charge in [-0.1, -0.05) is 48.1 Å². The lowest BCUT2D eigenvalue weighted by Crippen LogP contribution is -2.32. The Balaban J connectivity index is 5.10. The summed E-state index contributed by atoms with van der Waals surface area (Å²) in [5, 5.41) is 2.69. The summed E-state index contributed by atoms with van der Waals surface area (Å²) in [6.45, 7) is 21.4. The predicted octanol–water partition coefficient (Wildman–Crippen LogP) is 4.77. The predicted molar refractivity (Wildman–Crippen MR) is 100 cm³/mol. The smallest absolute Gasteiger partial charge is 0.332 e. The second kappa shape index (κ2) is 8.64. The molecule has 2 unspecified atom stereocenters. The highest BCUT2D eigenvalue weighted by Gasteiger charge is 2.36. The number of nitrogens with one attached hydrogen (secondary N) is 1. The van der Waals surface area contributed by atoms with E-state index in [9.17, 15) is 9.36 Å². The summed E-state index contributed by atoms with van der Waals surface area (Å²) in [4.78, 5) is 11.6. The van der Waals surface area contributed by atoms with Crippen molar-refractivity contribution in [3.63, 3.8) is 0 Å². The van der Waals surface area contributed by atoms with E-state index in [1.807, 2.05) is 55.4 Å². The molecule has 1 amide bonds. The lowest BCUT2D eigenvalue weighted by atomic mass is 9.91. The summed E-state index contributed by atoms with van der Waals surface area (Å²) in [5.74, 6) is -0.255. The maximum atomic E-state index is 13.3. The summed E-state index contributed by atoms with van der Waals surface area (Å²) >= 11 is 0. The van der Waals surface area contributed by atoms with E-state index < -0.39 is 7.60 Å². The third kappa shape index (κ3) is 8.46. The van der Waals surface area contributed by atoms with E-state index in [0.29, 0.717) is 5.57 Å². The fourth-order valence-corrected chi connectivity index (χ4v) is 3.63. The number of hydrogen-bond acceptors (Lipinski definition) is 4. The van der Waals surface area contributed by atoms with Crippen LogP contribution >= 0.6 is 7.60 Å². The second-order valence-electron chi connectivity index (χ2n) is 8.60. The van der Waals surface area contributed by atoms with Gasteiger partial charge in [0.25, 0.3) is 0 Å². The minimum absolute atomic E-state index is 0.132. The van der Waals surface area contributed by atoms with Crippen molar-refractivity contribution >= 4 is 13.5 Å². The molecule has 6 heteroatoms. The maximum absolute atomic E-state index is 13.3. The molecule has 0 aromatic heterocycles. The molecule has 2 atom stereocenters. The van der Waals surface area contributed by atoms with Crippen LogP contribution in [0.25, 0.3) is 0 Å². The van der Waals surface area contributed by atoms with Gasteiger partial charge in [0.1, 0.15) is 0 Å². The van der Waals surface area contributed by atoms with Crippen molar-refractivity contribution in [2.45, 2.75) is 74.5 Å². The molecule has 0 aromatic rings. The van der Waals surface area contributed by atoms with Gasteiger partial charge in [-0.15, -0.1) is 0 Å². The third-order valence-corrected chi connectivity index (χ3v) is 6.18. The number of amides is 1. The Labute approximate surface area is 148 Å². The molecule has 0 aliphatic rings. The molecule has 0 radical (unpaired) electrons. The fourth-order valence-electron chi connectivity index (χ4n) is 1.39. The first-order chi connectivity index (χ1) is 10.6. The molecule has 24 heavy (non-hydrogen) atoms. The molecule has 5 nitrogen and oxygen atoms in total. The van der Waals surface area contributed by atoms with Gasteiger partial charge in [0.05, 0.1) is 18.4 Å². The van der Waals surface area contributed by atoms with Crippen LogP contribution in [0.5, 0.6) is 0 Å². The highest BCUT2D eigenvalue weighted by atomic mass is 31.2. The molecule has 0 spiro atoms. The average Bonchev–Trinajstić information content (AvgIpc) is 2.35. The molecule has 0 saturated carbocycles. The quantitative estimate of drug-likeness (QED) is 0.499. The van der Waals surface area contributed by atoms with Gasteiger partial charge in [-0.2, -0.15) is 0 Å². The van der Waals surface area contributed by atoms with Gasteiger partial charge in [0.2, 0.25) is 5.91 Å². The van der Waals surface area contributed by atoms with Crippen molar-refractivity contribution in [3.8, 4) is 0 Å². The molecule has 0 aromatic carbocycles. The second-order valence-corrected chi connectivity index (χ2v) is 10.7. The van der Waals surface area contributed by atoms with Gasteiger partial charge in [0, 0.05) is 12.1 Å². The van der Waals surface area contributed by atoms with E-state index in [2.05, 4.69) is 11.9 Å². The van der Waals surface area contributed by atoms with Crippen LogP contribution in [0.3, 0.4) is 0 Å². The number of hydrogen-bond donors (Lipinski definition) is 1. The van der Waals surface area contributed by atoms with Crippen molar-refractivity contribution in [2.24, 2.45) is 10.8 Å². The highest BCUT2D eigenvalue weighted by Crippen LogP contribution is 2.53. The van der Waals surface area contributed by atoms with Gasteiger partial charge in [-0.3, -0.25) is 9.36 Å². The van der Waals surface area contributed by atoms with Gasteiger partial charge >= 0.3 is 7.60 Å². The lowest BCUT2D eigenvalue weighted by Gasteiger charge is -2.35. The van der Waals surface area contributed by atoms with E-state index in [0.717, 1.165) is 0 Å². The zero-order valence-corrected chi connectivity index (χ0v) is 17.8. The molecule has 0 bridgehead atoms. The van der Waals surface area contributed by atoms with Crippen LogP contribution in [-0.4, -0.2) is 30.8 Å². The number of carbonyl (C=O) groups excluding carboxylic acids is 1. The van der Waals surface area contributed by atoms with Crippen LogP contribution < -0.4 is 5.32 Å². The topological polar surface area (TPSA) is 64.6 Å². The van der Waals surface area contributed by atoms with Crippen molar-refractivity contribution in [3.05, 3.63) is 12.2 Å². The first-order valence-corrected chi connectivity index (χ1v) is 10.2. The molecule has 0 aliphatic heterocycles. The molecule has 0 heterocycles. The Kier molecular flexibility index (Phi) is 8.41. The minimum Gasteiger partial charge on any atom is -0.352 e. The zero-order chi connectivity index (χ0) is 19.3. The van der Waals surface area contributed by atoms with Crippen LogP contribution in [0, 0.1) is 10.8 Å². The Morgan fingerprint density at radius 1 is 1.04 bits per heavy atom. The third-order valence-electron chi connectivity index (χ3n) is 4.14. The minimum atomic E-state index is -3.36. The van der Waals surface area contributed by atoms with Crippen molar-refractivity contribution < 1.29 is 18.4 Å². The van der Waals surface area contributed by atoms with Gasteiger partial charge in [-0.25, -0.2) is 0 Å². The first kappa shape index (κ1) is 23.4. The summed E-state index contributed by atoms with van der Waals surface area (Å²) in [5.41, 5.74) is 0.0911. The van der Waals surface area contributed by atoms with Crippen LogP contribution in [-0.2, 0) is 18.4 Å². The van der Waals surface area contributed by atoms with E-state index in [1.54, 1.807) is 6.92 Å². The van der Waals surface area contributed by atoms with Gasteiger partial charge in [-0.05, 0) is 31.6 Å². The monoisotopic (exact) mass is 361 g/mol. The normalized spacial score (nSPS) is 17.7. The molecule has 142 valence electrons. The number of carbonyl (C=O) groups is 1. The van der Waals surface area contributed by atoms with E-state index >= 15 is 0 Å². The van der Waals surface area contributed by atoms with Crippen LogP contribution in [0.4, 0.5) is 0 Å². The molecule has 0 aliphatic carbocycles. The number of rotatable bonds is 8. The molecule has 1 N–H and O–H groups in total. The summed E-state index contributed by atoms with van der Waals surface area (Å²) in [6.07, 6.45) is -0.355. The molecule has 0 saturated heterocycles. The Hall–Kier alpha value is -0.640. The standard InChI is InChI=1S/C18H36NO4P/c1-13(2)16(20)19-11-12-24(21,22-14(3)17(5,6)7)23-15(4)18(8,9)10/h14-15H,1,11-12H2,2-10H3,(H,19,20). The summed E-state index contributed by atoms with van der Waals surface area (Å²) in [7, 11) is -3.36. The first-order valence-electron chi connectivity index (χ1n) is 8.48. The van der Waals surface area contributed by atoms with Gasteiger partial charge in [0.15, 0.2) is 0 Å².